The van der Waals surface area contributed by atoms with Crippen LogP contribution in [0, 0.1) is 0 Å². The molecule has 1 aromatic heterocycles. The van der Waals surface area contributed by atoms with Gasteiger partial charge in [-0.25, -0.2) is 0 Å². The molecule has 0 spiro atoms. The maximum Gasteiger partial charge on any atom is 0.0446 e. The highest BCUT2D eigenvalue weighted by atomic mass is 32.1. The number of hydrogen-bond donors (Lipinski definition) is 1. The van der Waals surface area contributed by atoms with Gasteiger partial charge in [-0.1, -0.05) is 12.8 Å². The van der Waals surface area contributed by atoms with E-state index in [9.17, 15) is 5.11 Å². The quantitative estimate of drug-likeness (QED) is 0.791. The van der Waals surface area contributed by atoms with Gasteiger partial charge in [0.25, 0.3) is 0 Å². The highest BCUT2D eigenvalue weighted by molar-refractivity contribution is 7.10. The van der Waals surface area contributed by atoms with Crippen LogP contribution in [0.3, 0.4) is 0 Å². The zero-order valence-electron chi connectivity index (χ0n) is 16.1. The van der Waals surface area contributed by atoms with E-state index in [1.807, 2.05) is 11.3 Å². The predicted molar refractivity (Wildman–Crippen MR) is 109 cm³/mol. The van der Waals surface area contributed by atoms with Crippen molar-refractivity contribution in [3.05, 3.63) is 21.9 Å². The Morgan fingerprint density at radius 3 is 2.54 bits per heavy atom. The standard InChI is InChI=1S/C21H35N3OS/c25-12-7-20-15-23(10-11-24(20)19-5-1-2-6-19)16-21-13-18(17-26-21)14-22-8-3-4-9-22/h13,17,19-20,25H,1-12,14-16H2/t20-/m1/s1. The molecule has 3 aliphatic rings. The van der Waals surface area contributed by atoms with Crippen LogP contribution in [0.1, 0.15) is 55.4 Å². The van der Waals surface area contributed by atoms with Gasteiger partial charge in [0, 0.05) is 56.3 Å². The summed E-state index contributed by atoms with van der Waals surface area (Å²) in [6, 6.07) is 3.76. The van der Waals surface area contributed by atoms with Crippen molar-refractivity contribution in [1.82, 2.24) is 14.7 Å². The summed E-state index contributed by atoms with van der Waals surface area (Å²) in [5.41, 5.74) is 1.50. The Bertz CT molecular complexity index is 551. The van der Waals surface area contributed by atoms with E-state index in [2.05, 4.69) is 26.1 Å². The number of nitrogens with zero attached hydrogens (tertiary/aromatic N) is 3. The summed E-state index contributed by atoms with van der Waals surface area (Å²) in [6.07, 6.45) is 9.19. The van der Waals surface area contributed by atoms with Crippen LogP contribution in [0.4, 0.5) is 0 Å². The summed E-state index contributed by atoms with van der Waals surface area (Å²) in [7, 11) is 0. The molecule has 4 rings (SSSR count). The van der Waals surface area contributed by atoms with Crippen molar-refractivity contribution in [2.45, 2.75) is 70.1 Å². The first-order valence-corrected chi connectivity index (χ1v) is 11.6. The lowest BCUT2D eigenvalue weighted by atomic mass is 10.0. The molecule has 0 radical (unpaired) electrons. The number of piperazine rings is 1. The van der Waals surface area contributed by atoms with Gasteiger partial charge in [0.15, 0.2) is 0 Å². The van der Waals surface area contributed by atoms with Crippen LogP contribution >= 0.6 is 11.3 Å². The molecule has 5 heteroatoms. The Morgan fingerprint density at radius 2 is 1.77 bits per heavy atom. The Kier molecular flexibility index (Phi) is 6.65. The van der Waals surface area contributed by atoms with Gasteiger partial charge in [0.1, 0.15) is 0 Å². The smallest absolute Gasteiger partial charge is 0.0446 e. The van der Waals surface area contributed by atoms with Crippen LogP contribution in [0.5, 0.6) is 0 Å². The SMILES string of the molecule is OCC[C@@H]1CN(Cc2cc(CN3CCCC3)cs2)CCN1C1CCCC1. The number of aliphatic hydroxyl groups is 1. The summed E-state index contributed by atoms with van der Waals surface area (Å²) >= 11 is 1.94. The molecule has 26 heavy (non-hydrogen) atoms. The third-order valence-electron chi connectivity index (χ3n) is 6.56. The molecule has 1 aromatic rings. The van der Waals surface area contributed by atoms with Gasteiger partial charge in [-0.15, -0.1) is 11.3 Å². The van der Waals surface area contributed by atoms with Crippen LogP contribution < -0.4 is 0 Å². The molecule has 0 amide bonds. The molecule has 0 unspecified atom stereocenters. The van der Waals surface area contributed by atoms with Gasteiger partial charge >= 0.3 is 0 Å². The van der Waals surface area contributed by atoms with Gasteiger partial charge in [0.2, 0.25) is 0 Å². The van der Waals surface area contributed by atoms with Crippen LogP contribution in [0.2, 0.25) is 0 Å². The van der Waals surface area contributed by atoms with Crippen molar-refractivity contribution in [3.63, 3.8) is 0 Å². The van der Waals surface area contributed by atoms with Gasteiger partial charge in [-0.3, -0.25) is 14.7 Å². The van der Waals surface area contributed by atoms with E-state index in [1.54, 1.807) is 0 Å². The molecule has 1 N–H and O–H groups in total. The highest BCUT2D eigenvalue weighted by Crippen LogP contribution is 2.29. The molecular weight excluding hydrogens is 342 g/mol. The average molecular weight is 378 g/mol. The molecule has 1 aliphatic carbocycles. The highest BCUT2D eigenvalue weighted by Gasteiger charge is 2.33. The lowest BCUT2D eigenvalue weighted by molar-refractivity contribution is 0.0271. The predicted octanol–water partition coefficient (Wildman–Crippen LogP) is 3.16. The monoisotopic (exact) mass is 377 g/mol. The van der Waals surface area contributed by atoms with Crippen molar-refractivity contribution < 1.29 is 5.11 Å². The number of hydrogen-bond acceptors (Lipinski definition) is 5. The molecule has 2 aliphatic heterocycles. The normalized spacial score (nSPS) is 26.9. The summed E-state index contributed by atoms with van der Waals surface area (Å²) in [4.78, 5) is 9.45. The molecule has 0 bridgehead atoms. The number of likely N-dealkylation sites (tertiary alicyclic amines) is 1. The van der Waals surface area contributed by atoms with Gasteiger partial charge in [0.05, 0.1) is 0 Å². The van der Waals surface area contributed by atoms with Crippen molar-refractivity contribution in [2.75, 3.05) is 39.3 Å². The summed E-state index contributed by atoms with van der Waals surface area (Å²) in [5.74, 6) is 0. The zero-order chi connectivity index (χ0) is 17.8. The van der Waals surface area contributed by atoms with E-state index < -0.39 is 0 Å². The molecular formula is C21H35N3OS. The molecule has 2 saturated heterocycles. The molecule has 0 aromatic carbocycles. The molecule has 4 nitrogen and oxygen atoms in total. The minimum Gasteiger partial charge on any atom is -0.396 e. The summed E-state index contributed by atoms with van der Waals surface area (Å²) in [5, 5.41) is 11.9. The Labute approximate surface area is 162 Å². The second kappa shape index (κ2) is 9.16. The molecule has 3 fully saturated rings. The lowest BCUT2D eigenvalue weighted by Gasteiger charge is -2.44. The van der Waals surface area contributed by atoms with E-state index in [0.29, 0.717) is 12.6 Å². The fourth-order valence-electron chi connectivity index (χ4n) is 5.21. The molecule has 1 atom stereocenters. The van der Waals surface area contributed by atoms with Crippen molar-refractivity contribution in [2.24, 2.45) is 0 Å². The number of aliphatic hydroxyl groups excluding tert-OH is 1. The Hall–Kier alpha value is -0.460. The topological polar surface area (TPSA) is 30.0 Å². The second-order valence-corrected chi connectivity index (χ2v) is 9.48. The average Bonchev–Trinajstić information content (AvgIpc) is 3.39. The maximum absolute atomic E-state index is 9.55. The van der Waals surface area contributed by atoms with Crippen molar-refractivity contribution >= 4 is 11.3 Å². The summed E-state index contributed by atoms with van der Waals surface area (Å²) in [6.45, 7) is 8.58. The zero-order valence-corrected chi connectivity index (χ0v) is 16.9. The van der Waals surface area contributed by atoms with Gasteiger partial charge in [-0.05, 0) is 62.2 Å². The number of rotatable bonds is 7. The first-order valence-electron chi connectivity index (χ1n) is 10.7. The van der Waals surface area contributed by atoms with Crippen LogP contribution in [-0.4, -0.2) is 71.2 Å². The molecule has 146 valence electrons. The molecule has 1 saturated carbocycles. The first kappa shape index (κ1) is 18.9. The van der Waals surface area contributed by atoms with E-state index in [-0.39, 0.29) is 0 Å². The Morgan fingerprint density at radius 1 is 0.962 bits per heavy atom. The third-order valence-corrected chi connectivity index (χ3v) is 7.53. The molecule has 3 heterocycles. The van der Waals surface area contributed by atoms with Gasteiger partial charge < -0.3 is 5.11 Å². The minimum absolute atomic E-state index is 0.320. The van der Waals surface area contributed by atoms with E-state index in [0.717, 1.165) is 32.1 Å². The van der Waals surface area contributed by atoms with Crippen LogP contribution in [0.25, 0.3) is 0 Å². The number of thiophene rings is 1. The lowest BCUT2D eigenvalue weighted by Crippen LogP contribution is -2.55. The van der Waals surface area contributed by atoms with Crippen LogP contribution in [-0.2, 0) is 13.1 Å². The van der Waals surface area contributed by atoms with E-state index >= 15 is 0 Å². The maximum atomic E-state index is 9.55. The first-order chi connectivity index (χ1) is 12.8. The van der Waals surface area contributed by atoms with E-state index in [4.69, 9.17) is 0 Å². The Balaban J connectivity index is 1.31. The van der Waals surface area contributed by atoms with Gasteiger partial charge in [-0.2, -0.15) is 0 Å². The minimum atomic E-state index is 0.320. The largest absolute Gasteiger partial charge is 0.396 e. The van der Waals surface area contributed by atoms with Crippen molar-refractivity contribution in [1.29, 1.82) is 0 Å². The fraction of sp³-hybridized carbons (Fsp3) is 0.810. The fourth-order valence-corrected chi connectivity index (χ4v) is 6.13. The van der Waals surface area contributed by atoms with Crippen molar-refractivity contribution in [3.8, 4) is 0 Å². The summed E-state index contributed by atoms with van der Waals surface area (Å²) < 4.78 is 0. The van der Waals surface area contributed by atoms with E-state index in [1.165, 1.54) is 75.1 Å². The third kappa shape index (κ3) is 4.68. The van der Waals surface area contributed by atoms with Crippen LogP contribution in [0.15, 0.2) is 11.4 Å². The second-order valence-electron chi connectivity index (χ2n) is 8.48.